The van der Waals surface area contributed by atoms with Crippen LogP contribution in [0.2, 0.25) is 0 Å². The van der Waals surface area contributed by atoms with Crippen LogP contribution in [0, 0.1) is 10.5 Å². The van der Waals surface area contributed by atoms with E-state index in [-0.39, 0.29) is 6.61 Å². The number of aryl methyl sites for hydroxylation is 1. The number of hydrogen-bond acceptors (Lipinski definition) is 2. The second kappa shape index (κ2) is 3.55. The lowest BCUT2D eigenvalue weighted by Crippen LogP contribution is -1.88. The maximum atomic E-state index is 9.17. The lowest BCUT2D eigenvalue weighted by Gasteiger charge is -2.04. The molecule has 0 amide bonds. The average Bonchev–Trinajstić information content (AvgIpc) is 2.60. The third-order valence-corrected chi connectivity index (χ3v) is 4.30. The van der Waals surface area contributed by atoms with Gasteiger partial charge in [0.1, 0.15) is 0 Å². The summed E-state index contributed by atoms with van der Waals surface area (Å²) in [5.74, 6) is 0. The highest BCUT2D eigenvalue weighted by Gasteiger charge is 2.07. The number of hydrogen-bond donors (Lipinski definition) is 1. The van der Waals surface area contributed by atoms with Crippen molar-refractivity contribution in [3.63, 3.8) is 0 Å². The molecule has 2 aromatic rings. The molecule has 1 nitrogen and oxygen atoms in total. The van der Waals surface area contributed by atoms with Crippen molar-refractivity contribution in [2.75, 3.05) is 0 Å². The summed E-state index contributed by atoms with van der Waals surface area (Å²) in [6, 6.07) is 4.19. The van der Waals surface area contributed by atoms with Gasteiger partial charge in [-0.3, -0.25) is 0 Å². The molecule has 0 radical (unpaired) electrons. The van der Waals surface area contributed by atoms with Gasteiger partial charge in [-0.1, -0.05) is 0 Å². The van der Waals surface area contributed by atoms with Crippen molar-refractivity contribution in [3.8, 4) is 0 Å². The van der Waals surface area contributed by atoms with E-state index in [0.29, 0.717) is 0 Å². The Kier molecular flexibility index (Phi) is 2.58. The van der Waals surface area contributed by atoms with Gasteiger partial charge in [0.15, 0.2) is 0 Å². The first kappa shape index (κ1) is 9.43. The van der Waals surface area contributed by atoms with Crippen molar-refractivity contribution in [1.82, 2.24) is 0 Å². The summed E-state index contributed by atoms with van der Waals surface area (Å²) in [4.78, 5) is 0. The van der Waals surface area contributed by atoms with Crippen LogP contribution in [0.25, 0.3) is 10.1 Å². The predicted octanol–water partition coefficient (Wildman–Crippen LogP) is 3.31. The Morgan fingerprint density at radius 1 is 1.54 bits per heavy atom. The monoisotopic (exact) mass is 304 g/mol. The normalized spacial score (nSPS) is 11.0. The first-order chi connectivity index (χ1) is 6.24. The summed E-state index contributed by atoms with van der Waals surface area (Å²) in [5.41, 5.74) is 2.36. The quantitative estimate of drug-likeness (QED) is 0.802. The van der Waals surface area contributed by atoms with Crippen LogP contribution in [0.3, 0.4) is 0 Å². The van der Waals surface area contributed by atoms with Gasteiger partial charge in [-0.05, 0) is 63.5 Å². The summed E-state index contributed by atoms with van der Waals surface area (Å²) in [6.45, 7) is 2.26. The molecule has 1 aromatic heterocycles. The maximum absolute atomic E-state index is 9.17. The highest BCUT2D eigenvalue weighted by atomic mass is 127. The van der Waals surface area contributed by atoms with Gasteiger partial charge < -0.3 is 5.11 Å². The molecule has 1 aromatic carbocycles. The Morgan fingerprint density at radius 2 is 2.31 bits per heavy atom. The zero-order chi connectivity index (χ0) is 9.42. The highest BCUT2D eigenvalue weighted by Crippen LogP contribution is 2.30. The molecule has 2 rings (SSSR count). The van der Waals surface area contributed by atoms with Crippen molar-refractivity contribution in [3.05, 3.63) is 32.2 Å². The van der Waals surface area contributed by atoms with E-state index in [1.54, 1.807) is 11.3 Å². The van der Waals surface area contributed by atoms with Crippen LogP contribution < -0.4 is 0 Å². The Balaban J connectivity index is 2.87. The van der Waals surface area contributed by atoms with Gasteiger partial charge in [-0.25, -0.2) is 0 Å². The Hall–Kier alpha value is -0.130. The van der Waals surface area contributed by atoms with E-state index in [4.69, 9.17) is 0 Å². The van der Waals surface area contributed by atoms with Crippen LogP contribution in [-0.2, 0) is 6.61 Å². The maximum Gasteiger partial charge on any atom is 0.0696 e. The SMILES string of the molecule is Cc1c(I)cc(CO)c2sccc12. The van der Waals surface area contributed by atoms with E-state index >= 15 is 0 Å². The summed E-state index contributed by atoms with van der Waals surface area (Å²) < 4.78 is 2.45. The minimum absolute atomic E-state index is 0.132. The molecule has 0 aliphatic rings. The predicted molar refractivity (Wildman–Crippen MR) is 65.2 cm³/mol. The first-order valence-electron chi connectivity index (χ1n) is 4.00. The fraction of sp³-hybridized carbons (Fsp3) is 0.200. The fourth-order valence-electron chi connectivity index (χ4n) is 1.43. The summed E-state index contributed by atoms with van der Waals surface area (Å²) in [7, 11) is 0. The minimum atomic E-state index is 0.132. The fourth-order valence-corrected chi connectivity index (χ4v) is 3.06. The molecule has 0 aliphatic carbocycles. The van der Waals surface area contributed by atoms with E-state index < -0.39 is 0 Å². The highest BCUT2D eigenvalue weighted by molar-refractivity contribution is 14.1. The van der Waals surface area contributed by atoms with E-state index in [9.17, 15) is 5.11 Å². The van der Waals surface area contributed by atoms with Crippen LogP contribution in [0.5, 0.6) is 0 Å². The Morgan fingerprint density at radius 3 is 3.00 bits per heavy atom. The molecular formula is C10H9IOS. The second-order valence-electron chi connectivity index (χ2n) is 2.96. The van der Waals surface area contributed by atoms with Crippen LogP contribution in [0.15, 0.2) is 17.5 Å². The zero-order valence-electron chi connectivity index (χ0n) is 7.17. The molecule has 13 heavy (non-hydrogen) atoms. The largest absolute Gasteiger partial charge is 0.392 e. The molecule has 0 bridgehead atoms. The molecule has 0 spiro atoms. The van der Waals surface area contributed by atoms with Gasteiger partial charge in [0.25, 0.3) is 0 Å². The molecule has 3 heteroatoms. The number of halogens is 1. The van der Waals surface area contributed by atoms with Gasteiger partial charge >= 0.3 is 0 Å². The van der Waals surface area contributed by atoms with Gasteiger partial charge in [-0.15, -0.1) is 11.3 Å². The average molecular weight is 304 g/mol. The third kappa shape index (κ3) is 1.49. The number of benzene rings is 1. The molecule has 0 fully saturated rings. The molecule has 0 unspecified atom stereocenters. The van der Waals surface area contributed by atoms with Crippen molar-refractivity contribution in [1.29, 1.82) is 0 Å². The molecule has 1 heterocycles. The van der Waals surface area contributed by atoms with E-state index in [2.05, 4.69) is 47.0 Å². The van der Waals surface area contributed by atoms with Crippen molar-refractivity contribution < 1.29 is 5.11 Å². The van der Waals surface area contributed by atoms with Crippen molar-refractivity contribution in [2.45, 2.75) is 13.5 Å². The number of thiophene rings is 1. The van der Waals surface area contributed by atoms with Crippen LogP contribution in [0.4, 0.5) is 0 Å². The molecule has 0 saturated heterocycles. The Bertz CT molecular complexity index is 447. The van der Waals surface area contributed by atoms with Gasteiger partial charge in [0.2, 0.25) is 0 Å². The second-order valence-corrected chi connectivity index (χ2v) is 5.04. The Labute approximate surface area is 94.5 Å². The molecule has 1 N–H and O–H groups in total. The summed E-state index contributed by atoms with van der Waals surface area (Å²) in [6.07, 6.45) is 0. The topological polar surface area (TPSA) is 20.2 Å². The molecule has 68 valence electrons. The lowest BCUT2D eigenvalue weighted by atomic mass is 10.1. The van der Waals surface area contributed by atoms with Crippen molar-refractivity contribution >= 4 is 44.0 Å². The molecule has 0 atom stereocenters. The van der Waals surface area contributed by atoms with E-state index in [1.807, 2.05) is 0 Å². The first-order valence-corrected chi connectivity index (χ1v) is 5.96. The summed E-state index contributed by atoms with van der Waals surface area (Å²) in [5, 5.41) is 12.5. The number of aliphatic hydroxyl groups excluding tert-OH is 1. The molecular weight excluding hydrogens is 295 g/mol. The minimum Gasteiger partial charge on any atom is -0.392 e. The number of rotatable bonds is 1. The van der Waals surface area contributed by atoms with Gasteiger partial charge in [0, 0.05) is 8.27 Å². The number of aliphatic hydroxyl groups is 1. The van der Waals surface area contributed by atoms with Crippen LogP contribution >= 0.6 is 33.9 Å². The van der Waals surface area contributed by atoms with E-state index in [0.717, 1.165) is 5.56 Å². The van der Waals surface area contributed by atoms with Crippen LogP contribution in [0.1, 0.15) is 11.1 Å². The van der Waals surface area contributed by atoms with Gasteiger partial charge in [0.05, 0.1) is 6.61 Å². The summed E-state index contributed by atoms with van der Waals surface area (Å²) >= 11 is 4.01. The van der Waals surface area contributed by atoms with Crippen molar-refractivity contribution in [2.24, 2.45) is 0 Å². The molecule has 0 aliphatic heterocycles. The third-order valence-electron chi connectivity index (χ3n) is 2.19. The smallest absolute Gasteiger partial charge is 0.0696 e. The van der Waals surface area contributed by atoms with Gasteiger partial charge in [-0.2, -0.15) is 0 Å². The van der Waals surface area contributed by atoms with E-state index in [1.165, 1.54) is 19.2 Å². The number of fused-ring (bicyclic) bond motifs is 1. The lowest BCUT2D eigenvalue weighted by molar-refractivity contribution is 0.283. The standard InChI is InChI=1S/C10H9IOS/c1-6-8-2-3-13-10(8)7(5-12)4-9(6)11/h2-4,12H,5H2,1H3. The zero-order valence-corrected chi connectivity index (χ0v) is 10.1. The van der Waals surface area contributed by atoms with Crippen LogP contribution in [-0.4, -0.2) is 5.11 Å². The molecule has 0 saturated carbocycles.